The first-order chi connectivity index (χ1) is 17.4. The van der Waals surface area contributed by atoms with Crippen LogP contribution >= 0.6 is 0 Å². The molecule has 1 N–H and O–H groups in total. The number of nitriles is 1. The molecule has 0 atom stereocenters. The SMILES string of the molecule is C=C(NCC#N)c1cc(-c2cc(C)c3c(n2)C(C)(C)N(c2cnn(CC(F)(F)F)c2)C3=O)cnc1OC. The van der Waals surface area contributed by atoms with E-state index in [1.165, 1.54) is 24.4 Å². The molecule has 192 valence electrons. The minimum Gasteiger partial charge on any atom is -0.481 e. The molecule has 9 nitrogen and oxygen atoms in total. The van der Waals surface area contributed by atoms with Crippen LogP contribution in [-0.4, -0.2) is 45.5 Å². The summed E-state index contributed by atoms with van der Waals surface area (Å²) >= 11 is 0. The molecule has 0 aliphatic carbocycles. The van der Waals surface area contributed by atoms with Crippen molar-refractivity contribution in [1.29, 1.82) is 5.26 Å². The first-order valence-corrected chi connectivity index (χ1v) is 11.2. The van der Waals surface area contributed by atoms with Crippen LogP contribution in [-0.2, 0) is 12.1 Å². The molecule has 4 rings (SSSR count). The van der Waals surface area contributed by atoms with E-state index < -0.39 is 18.3 Å². The lowest BCUT2D eigenvalue weighted by molar-refractivity contribution is -0.142. The lowest BCUT2D eigenvalue weighted by Crippen LogP contribution is -2.39. The molecule has 0 bridgehead atoms. The number of nitrogens with one attached hydrogen (secondary N) is 1. The van der Waals surface area contributed by atoms with Gasteiger partial charge < -0.3 is 10.1 Å². The minimum absolute atomic E-state index is 0.0497. The third-order valence-corrected chi connectivity index (χ3v) is 6.04. The number of alkyl halides is 3. The summed E-state index contributed by atoms with van der Waals surface area (Å²) in [5.74, 6) is -0.0552. The van der Waals surface area contributed by atoms with Crippen LogP contribution in [0.2, 0.25) is 0 Å². The van der Waals surface area contributed by atoms with E-state index in [2.05, 4.69) is 22.0 Å². The van der Waals surface area contributed by atoms with Gasteiger partial charge in [-0.05, 0) is 38.5 Å². The Kier molecular flexibility index (Phi) is 6.41. The van der Waals surface area contributed by atoms with Gasteiger partial charge >= 0.3 is 6.18 Å². The van der Waals surface area contributed by atoms with Crippen LogP contribution in [0, 0.1) is 18.3 Å². The van der Waals surface area contributed by atoms with E-state index >= 15 is 0 Å². The molecule has 37 heavy (non-hydrogen) atoms. The Bertz CT molecular complexity index is 1440. The van der Waals surface area contributed by atoms with Crippen molar-refractivity contribution in [3.05, 3.63) is 59.7 Å². The maximum absolute atomic E-state index is 13.5. The van der Waals surface area contributed by atoms with E-state index in [9.17, 15) is 18.0 Å². The van der Waals surface area contributed by atoms with E-state index in [4.69, 9.17) is 15.0 Å². The number of anilines is 1. The fourth-order valence-corrected chi connectivity index (χ4v) is 4.40. The molecule has 1 aliphatic rings. The summed E-state index contributed by atoms with van der Waals surface area (Å²) in [6.07, 6.45) is -0.414. The van der Waals surface area contributed by atoms with Crippen molar-refractivity contribution in [1.82, 2.24) is 25.1 Å². The number of amides is 1. The number of halogens is 3. The molecular formula is C25H24F3N7O2. The first kappa shape index (κ1) is 25.7. The van der Waals surface area contributed by atoms with Crippen LogP contribution in [0.25, 0.3) is 17.0 Å². The van der Waals surface area contributed by atoms with Gasteiger partial charge in [-0.1, -0.05) is 6.58 Å². The van der Waals surface area contributed by atoms with Gasteiger partial charge in [0.25, 0.3) is 5.91 Å². The van der Waals surface area contributed by atoms with E-state index in [1.54, 1.807) is 39.1 Å². The van der Waals surface area contributed by atoms with Crippen LogP contribution in [0.3, 0.4) is 0 Å². The number of hydrogen-bond acceptors (Lipinski definition) is 7. The number of aromatic nitrogens is 4. The van der Waals surface area contributed by atoms with Crippen molar-refractivity contribution in [3.63, 3.8) is 0 Å². The second-order valence-corrected chi connectivity index (χ2v) is 9.03. The van der Waals surface area contributed by atoms with Crippen molar-refractivity contribution in [2.24, 2.45) is 0 Å². The van der Waals surface area contributed by atoms with E-state index in [-0.39, 0.29) is 18.1 Å². The van der Waals surface area contributed by atoms with Crippen molar-refractivity contribution in [3.8, 4) is 23.2 Å². The number of pyridine rings is 2. The summed E-state index contributed by atoms with van der Waals surface area (Å²) < 4.78 is 44.6. The van der Waals surface area contributed by atoms with E-state index in [1.807, 2.05) is 6.07 Å². The summed E-state index contributed by atoms with van der Waals surface area (Å²) in [5.41, 5.74) is 2.95. The van der Waals surface area contributed by atoms with Gasteiger partial charge in [0.1, 0.15) is 13.1 Å². The maximum Gasteiger partial charge on any atom is 0.408 e. The lowest BCUT2D eigenvalue weighted by atomic mass is 9.96. The van der Waals surface area contributed by atoms with Crippen LogP contribution in [0.15, 0.2) is 37.3 Å². The molecule has 0 saturated heterocycles. The Hall–Kier alpha value is -4.40. The van der Waals surface area contributed by atoms with Gasteiger partial charge in [0.15, 0.2) is 0 Å². The predicted molar refractivity (Wildman–Crippen MR) is 130 cm³/mol. The monoisotopic (exact) mass is 511 g/mol. The van der Waals surface area contributed by atoms with Gasteiger partial charge in [-0.25, -0.2) is 9.97 Å². The number of ether oxygens (including phenoxy) is 1. The average Bonchev–Trinajstić information content (AvgIpc) is 3.34. The molecule has 3 aromatic rings. The summed E-state index contributed by atoms with van der Waals surface area (Å²) in [7, 11) is 1.47. The highest BCUT2D eigenvalue weighted by molar-refractivity contribution is 6.12. The second kappa shape index (κ2) is 9.24. The van der Waals surface area contributed by atoms with Crippen LogP contribution in [0.1, 0.15) is 41.0 Å². The topological polar surface area (TPSA) is 109 Å². The Morgan fingerprint density at radius 3 is 2.68 bits per heavy atom. The van der Waals surface area contributed by atoms with Crippen molar-refractivity contribution in [2.45, 2.75) is 39.0 Å². The smallest absolute Gasteiger partial charge is 0.408 e. The fourth-order valence-electron chi connectivity index (χ4n) is 4.40. The van der Waals surface area contributed by atoms with Crippen molar-refractivity contribution < 1.29 is 22.7 Å². The molecule has 0 saturated carbocycles. The third kappa shape index (κ3) is 4.72. The van der Waals surface area contributed by atoms with Crippen LogP contribution in [0.5, 0.6) is 5.88 Å². The molecule has 1 aliphatic heterocycles. The highest BCUT2D eigenvalue weighted by Gasteiger charge is 2.47. The minimum atomic E-state index is -4.44. The van der Waals surface area contributed by atoms with E-state index in [0.717, 1.165) is 4.68 Å². The van der Waals surface area contributed by atoms with Gasteiger partial charge in [-0.15, -0.1) is 0 Å². The Morgan fingerprint density at radius 2 is 2.03 bits per heavy atom. The quantitative estimate of drug-likeness (QED) is 0.474. The average molecular weight is 512 g/mol. The Labute approximate surface area is 211 Å². The summed E-state index contributed by atoms with van der Waals surface area (Å²) in [6, 6.07) is 5.51. The van der Waals surface area contributed by atoms with Gasteiger partial charge in [0, 0.05) is 23.7 Å². The molecule has 1 amide bonds. The summed E-state index contributed by atoms with van der Waals surface area (Å²) in [6.45, 7) is 8.07. The zero-order chi connectivity index (χ0) is 27.1. The molecule has 0 aromatic carbocycles. The van der Waals surface area contributed by atoms with E-state index in [0.29, 0.717) is 45.2 Å². The number of carbonyl (C=O) groups is 1. The highest BCUT2D eigenvalue weighted by Crippen LogP contribution is 2.43. The molecule has 0 unspecified atom stereocenters. The number of carbonyl (C=O) groups excluding carboxylic acids is 1. The number of methoxy groups -OCH3 is 1. The molecular weight excluding hydrogens is 487 g/mol. The van der Waals surface area contributed by atoms with Crippen molar-refractivity contribution in [2.75, 3.05) is 18.6 Å². The lowest BCUT2D eigenvalue weighted by Gasteiger charge is -2.30. The molecule has 4 heterocycles. The second-order valence-electron chi connectivity index (χ2n) is 9.03. The van der Waals surface area contributed by atoms with Crippen LogP contribution in [0.4, 0.5) is 18.9 Å². The zero-order valence-electron chi connectivity index (χ0n) is 20.6. The van der Waals surface area contributed by atoms with Gasteiger partial charge in [-0.2, -0.15) is 23.5 Å². The Morgan fingerprint density at radius 1 is 1.30 bits per heavy atom. The summed E-state index contributed by atoms with van der Waals surface area (Å²) in [5, 5.41) is 15.5. The van der Waals surface area contributed by atoms with Gasteiger partial charge in [0.2, 0.25) is 5.88 Å². The molecule has 3 aromatic heterocycles. The van der Waals surface area contributed by atoms with Gasteiger partial charge in [-0.3, -0.25) is 14.4 Å². The third-order valence-electron chi connectivity index (χ3n) is 6.04. The largest absolute Gasteiger partial charge is 0.481 e. The number of fused-ring (bicyclic) bond motifs is 1. The van der Waals surface area contributed by atoms with Crippen molar-refractivity contribution >= 4 is 17.3 Å². The first-order valence-electron chi connectivity index (χ1n) is 11.2. The number of hydrogen-bond donors (Lipinski definition) is 1. The zero-order valence-corrected chi connectivity index (χ0v) is 20.6. The van der Waals surface area contributed by atoms with Crippen LogP contribution < -0.4 is 15.0 Å². The molecule has 0 radical (unpaired) electrons. The normalized spacial score (nSPS) is 14.3. The highest BCUT2D eigenvalue weighted by atomic mass is 19.4. The molecule has 0 spiro atoms. The number of aryl methyl sites for hydroxylation is 1. The summed E-state index contributed by atoms with van der Waals surface area (Å²) in [4.78, 5) is 24.0. The molecule has 0 fully saturated rings. The maximum atomic E-state index is 13.5. The number of nitrogens with zero attached hydrogens (tertiary/aromatic N) is 6. The number of rotatable bonds is 7. The molecule has 12 heteroatoms. The standard InChI is InChI=1S/C25H24F3N7O2/c1-14-8-19(16-9-18(15(2)30-7-6-29)22(37-5)31-10-16)33-21-20(14)23(36)35(24(21,3)4)17-11-32-34(12-17)13-25(26,27)28/h8-12,30H,2,7,13H2,1,3-5H3. The predicted octanol–water partition coefficient (Wildman–Crippen LogP) is 4.20. The van der Waals surface area contributed by atoms with Gasteiger partial charge in [0.05, 0.1) is 53.1 Å². The fraction of sp³-hybridized carbons (Fsp3) is 0.320. The Balaban J connectivity index is 1.75.